The van der Waals surface area contributed by atoms with E-state index < -0.39 is 17.7 Å². The molecule has 1 unspecified atom stereocenters. The van der Waals surface area contributed by atoms with Crippen molar-refractivity contribution >= 4 is 17.4 Å². The molecule has 1 atom stereocenters. The number of ketones is 1. The maximum Gasteiger partial charge on any atom is 0.295 e. The first-order valence-corrected chi connectivity index (χ1v) is 12.9. The number of nitrogens with zero attached hydrogens (tertiary/aromatic N) is 2. The molecule has 0 spiro atoms. The predicted molar refractivity (Wildman–Crippen MR) is 141 cm³/mol. The van der Waals surface area contributed by atoms with Crippen molar-refractivity contribution in [3.05, 3.63) is 64.7 Å². The fourth-order valence-corrected chi connectivity index (χ4v) is 4.79. The van der Waals surface area contributed by atoms with Gasteiger partial charge in [0.25, 0.3) is 11.7 Å². The van der Waals surface area contributed by atoms with E-state index in [1.807, 2.05) is 31.2 Å². The van der Waals surface area contributed by atoms with Crippen molar-refractivity contribution in [3.63, 3.8) is 0 Å². The molecule has 8 nitrogen and oxygen atoms in total. The Balaban J connectivity index is 1.69. The lowest BCUT2D eigenvalue weighted by atomic mass is 9.94. The standard InChI is InChI=1S/C29H36N2O6/c1-4-5-16-37-23-9-6-21(7-10-23)26-25(27(32)22-8-11-24(35-3)20(2)19-22)28(33)29(34)31(26)13-12-30-14-17-36-18-15-30/h6-11,19,26,32H,4-5,12-18H2,1-3H3. The number of aliphatic hydroxyl groups excluding tert-OH is 1. The van der Waals surface area contributed by atoms with Crippen LogP contribution >= 0.6 is 0 Å². The maximum atomic E-state index is 13.3. The molecule has 0 aromatic heterocycles. The minimum absolute atomic E-state index is 0.0937. The maximum absolute atomic E-state index is 13.3. The second-order valence-electron chi connectivity index (χ2n) is 9.40. The van der Waals surface area contributed by atoms with Gasteiger partial charge in [0, 0.05) is 31.7 Å². The SMILES string of the molecule is CCCCOc1ccc(C2C(=C(O)c3ccc(OC)c(C)c3)C(=O)C(=O)N2CCN2CCOCC2)cc1. The van der Waals surface area contributed by atoms with Crippen LogP contribution in [0, 0.1) is 6.92 Å². The average molecular weight is 509 g/mol. The Morgan fingerprint density at radius 3 is 2.46 bits per heavy atom. The van der Waals surface area contributed by atoms with Gasteiger partial charge in [0.15, 0.2) is 0 Å². The zero-order valence-electron chi connectivity index (χ0n) is 21.9. The molecular formula is C29H36N2O6. The summed E-state index contributed by atoms with van der Waals surface area (Å²) in [7, 11) is 1.58. The van der Waals surface area contributed by atoms with Gasteiger partial charge in [-0.2, -0.15) is 0 Å². The van der Waals surface area contributed by atoms with E-state index in [-0.39, 0.29) is 11.3 Å². The van der Waals surface area contributed by atoms with Crippen LogP contribution in [0.15, 0.2) is 48.0 Å². The largest absolute Gasteiger partial charge is 0.507 e. The first-order chi connectivity index (χ1) is 17.9. The van der Waals surface area contributed by atoms with Gasteiger partial charge in [-0.25, -0.2) is 0 Å². The first-order valence-electron chi connectivity index (χ1n) is 12.9. The highest BCUT2D eigenvalue weighted by Gasteiger charge is 2.46. The van der Waals surface area contributed by atoms with Gasteiger partial charge in [-0.05, 0) is 54.8 Å². The number of hydrogen-bond acceptors (Lipinski definition) is 7. The fraction of sp³-hybridized carbons (Fsp3) is 0.448. The Hall–Kier alpha value is -3.36. The van der Waals surface area contributed by atoms with Gasteiger partial charge in [0.1, 0.15) is 17.3 Å². The zero-order chi connectivity index (χ0) is 26.4. The summed E-state index contributed by atoms with van der Waals surface area (Å²) in [5.74, 6) is -0.0632. The van der Waals surface area contributed by atoms with Crippen molar-refractivity contribution in [1.29, 1.82) is 0 Å². The molecule has 2 heterocycles. The molecule has 0 radical (unpaired) electrons. The topological polar surface area (TPSA) is 88.5 Å². The summed E-state index contributed by atoms with van der Waals surface area (Å²) in [5.41, 5.74) is 2.12. The van der Waals surface area contributed by atoms with Crippen LogP contribution in [0.4, 0.5) is 0 Å². The molecule has 1 N–H and O–H groups in total. The molecule has 2 aliphatic rings. The van der Waals surface area contributed by atoms with Gasteiger partial charge >= 0.3 is 0 Å². The lowest BCUT2D eigenvalue weighted by Gasteiger charge is -2.31. The number of carbonyl (C=O) groups excluding carboxylic acids is 2. The average Bonchev–Trinajstić information content (AvgIpc) is 3.17. The van der Waals surface area contributed by atoms with E-state index in [1.54, 1.807) is 30.2 Å². The van der Waals surface area contributed by atoms with Crippen molar-refractivity contribution < 1.29 is 28.9 Å². The van der Waals surface area contributed by atoms with Gasteiger partial charge < -0.3 is 24.2 Å². The summed E-state index contributed by atoms with van der Waals surface area (Å²) < 4.78 is 16.6. The third kappa shape index (κ3) is 5.97. The second kappa shape index (κ2) is 12.3. The quantitative estimate of drug-likeness (QED) is 0.225. The van der Waals surface area contributed by atoms with E-state index in [1.165, 1.54) is 0 Å². The van der Waals surface area contributed by atoms with Crippen LogP contribution in [0.2, 0.25) is 0 Å². The van der Waals surface area contributed by atoms with E-state index in [0.29, 0.717) is 44.2 Å². The zero-order valence-corrected chi connectivity index (χ0v) is 21.9. The van der Waals surface area contributed by atoms with E-state index in [4.69, 9.17) is 14.2 Å². The molecule has 4 rings (SSSR count). The fourth-order valence-electron chi connectivity index (χ4n) is 4.79. The molecule has 2 fully saturated rings. The molecule has 8 heteroatoms. The molecule has 2 aliphatic heterocycles. The second-order valence-corrected chi connectivity index (χ2v) is 9.40. The Kier molecular flexibility index (Phi) is 8.84. The molecular weight excluding hydrogens is 472 g/mol. The number of hydrogen-bond donors (Lipinski definition) is 1. The molecule has 198 valence electrons. The molecule has 1 amide bonds. The normalized spacial score (nSPS) is 19.9. The Bertz CT molecular complexity index is 1140. The number of Topliss-reactive ketones (excluding diaryl/α,β-unsaturated/α-hetero) is 1. The number of benzene rings is 2. The third-order valence-corrected chi connectivity index (χ3v) is 6.93. The summed E-state index contributed by atoms with van der Waals surface area (Å²) in [4.78, 5) is 30.4. The third-order valence-electron chi connectivity index (χ3n) is 6.93. The number of aryl methyl sites for hydroxylation is 1. The van der Waals surface area contributed by atoms with Gasteiger partial charge in [-0.3, -0.25) is 14.5 Å². The van der Waals surface area contributed by atoms with E-state index in [2.05, 4.69) is 11.8 Å². The number of ether oxygens (including phenoxy) is 3. The van der Waals surface area contributed by atoms with Crippen LogP contribution in [0.1, 0.15) is 42.5 Å². The molecule has 2 saturated heterocycles. The van der Waals surface area contributed by atoms with E-state index in [9.17, 15) is 14.7 Å². The minimum atomic E-state index is -0.701. The van der Waals surface area contributed by atoms with Crippen molar-refractivity contribution in [3.8, 4) is 11.5 Å². The number of unbranched alkanes of at least 4 members (excludes halogenated alkanes) is 1. The van der Waals surface area contributed by atoms with Crippen LogP contribution in [0.25, 0.3) is 5.76 Å². The van der Waals surface area contributed by atoms with Crippen LogP contribution < -0.4 is 9.47 Å². The first kappa shape index (κ1) is 26.7. The Morgan fingerprint density at radius 1 is 1.08 bits per heavy atom. The summed E-state index contributed by atoms with van der Waals surface area (Å²) in [5, 5.41) is 11.3. The summed E-state index contributed by atoms with van der Waals surface area (Å²) in [6.45, 7) is 8.45. The highest BCUT2D eigenvalue weighted by Crippen LogP contribution is 2.40. The highest BCUT2D eigenvalue weighted by atomic mass is 16.5. The van der Waals surface area contributed by atoms with Crippen LogP contribution in [0.3, 0.4) is 0 Å². The molecule has 2 aromatic carbocycles. The summed E-state index contributed by atoms with van der Waals surface area (Å²) in [6.07, 6.45) is 2.01. The number of rotatable bonds is 10. The number of morpholine rings is 1. The summed E-state index contributed by atoms with van der Waals surface area (Å²) >= 11 is 0. The number of aliphatic hydroxyl groups is 1. The number of amides is 1. The number of methoxy groups -OCH3 is 1. The van der Waals surface area contributed by atoms with Crippen molar-refractivity contribution in [2.24, 2.45) is 0 Å². The van der Waals surface area contributed by atoms with Crippen LogP contribution in [-0.4, -0.2) is 79.7 Å². The van der Waals surface area contributed by atoms with Gasteiger partial charge in [-0.15, -0.1) is 0 Å². The molecule has 0 aliphatic carbocycles. The molecule has 0 bridgehead atoms. The van der Waals surface area contributed by atoms with Crippen LogP contribution in [-0.2, 0) is 14.3 Å². The summed E-state index contributed by atoms with van der Waals surface area (Å²) in [6, 6.07) is 11.9. The van der Waals surface area contributed by atoms with E-state index >= 15 is 0 Å². The Morgan fingerprint density at radius 2 is 1.81 bits per heavy atom. The smallest absolute Gasteiger partial charge is 0.295 e. The monoisotopic (exact) mass is 508 g/mol. The Labute approximate surface area is 218 Å². The highest BCUT2D eigenvalue weighted by molar-refractivity contribution is 6.46. The van der Waals surface area contributed by atoms with E-state index in [0.717, 1.165) is 42.8 Å². The number of carbonyl (C=O) groups is 2. The molecule has 2 aromatic rings. The van der Waals surface area contributed by atoms with Crippen molar-refractivity contribution in [2.45, 2.75) is 32.7 Å². The number of likely N-dealkylation sites (tertiary alicyclic amines) is 1. The molecule has 0 saturated carbocycles. The van der Waals surface area contributed by atoms with Gasteiger partial charge in [-0.1, -0.05) is 25.5 Å². The van der Waals surface area contributed by atoms with Crippen molar-refractivity contribution in [1.82, 2.24) is 9.80 Å². The lowest BCUT2D eigenvalue weighted by molar-refractivity contribution is -0.140. The predicted octanol–water partition coefficient (Wildman–Crippen LogP) is 3.94. The van der Waals surface area contributed by atoms with Gasteiger partial charge in [0.05, 0.1) is 38.5 Å². The molecule has 37 heavy (non-hydrogen) atoms. The van der Waals surface area contributed by atoms with Crippen molar-refractivity contribution in [2.75, 3.05) is 53.1 Å². The minimum Gasteiger partial charge on any atom is -0.507 e. The van der Waals surface area contributed by atoms with Gasteiger partial charge in [0.2, 0.25) is 0 Å². The van der Waals surface area contributed by atoms with Crippen LogP contribution in [0.5, 0.6) is 11.5 Å². The lowest BCUT2D eigenvalue weighted by Crippen LogP contribution is -2.42.